The van der Waals surface area contributed by atoms with Crippen LogP contribution >= 0.6 is 11.3 Å². The maximum atomic E-state index is 13.1. The van der Waals surface area contributed by atoms with E-state index in [0.29, 0.717) is 30.5 Å². The number of amides is 1. The predicted molar refractivity (Wildman–Crippen MR) is 106 cm³/mol. The van der Waals surface area contributed by atoms with E-state index in [9.17, 15) is 9.18 Å². The summed E-state index contributed by atoms with van der Waals surface area (Å²) in [5, 5.41) is 5.31. The number of carbonyl (C=O) groups excluding carboxylic acids is 1. The van der Waals surface area contributed by atoms with Crippen LogP contribution in [0.5, 0.6) is 0 Å². The van der Waals surface area contributed by atoms with E-state index >= 15 is 0 Å². The number of rotatable bonds is 5. The highest BCUT2D eigenvalue weighted by Crippen LogP contribution is 2.24. The first-order valence-corrected chi connectivity index (χ1v) is 9.85. The molecule has 0 spiro atoms. The van der Waals surface area contributed by atoms with Crippen molar-refractivity contribution in [3.05, 3.63) is 65.0 Å². The smallest absolute Gasteiger partial charge is 0.271 e. The Kier molecular flexibility index (Phi) is 5.59. The van der Waals surface area contributed by atoms with E-state index in [4.69, 9.17) is 4.74 Å². The molecule has 3 aromatic rings. The lowest BCUT2D eigenvalue weighted by Crippen LogP contribution is -2.37. The van der Waals surface area contributed by atoms with E-state index in [1.807, 2.05) is 12.1 Å². The molecular weight excluding hydrogens is 379 g/mol. The lowest BCUT2D eigenvalue weighted by Gasteiger charge is -2.29. The zero-order chi connectivity index (χ0) is 19.3. The van der Waals surface area contributed by atoms with Gasteiger partial charge in [0.2, 0.25) is 0 Å². The summed E-state index contributed by atoms with van der Waals surface area (Å²) >= 11 is 1.36. The van der Waals surface area contributed by atoms with Gasteiger partial charge in [0.05, 0.1) is 13.2 Å². The quantitative estimate of drug-likeness (QED) is 0.715. The summed E-state index contributed by atoms with van der Waals surface area (Å²) in [7, 11) is 0. The maximum absolute atomic E-state index is 13.1. The molecule has 0 aliphatic carbocycles. The van der Waals surface area contributed by atoms with Crippen molar-refractivity contribution in [3.8, 4) is 10.6 Å². The monoisotopic (exact) mass is 398 g/mol. The number of hydrogen-bond donors (Lipinski definition) is 1. The molecule has 0 saturated carbocycles. The number of nitrogens with one attached hydrogen (secondary N) is 1. The number of hydrogen-bond acceptors (Lipinski definition) is 6. The van der Waals surface area contributed by atoms with Gasteiger partial charge in [0.25, 0.3) is 5.91 Å². The van der Waals surface area contributed by atoms with Crippen molar-refractivity contribution in [3.63, 3.8) is 0 Å². The molecule has 1 saturated heterocycles. The number of benzene rings is 1. The summed E-state index contributed by atoms with van der Waals surface area (Å²) in [6.07, 6.45) is 1.76. The highest BCUT2D eigenvalue weighted by Gasteiger charge is 2.17. The van der Waals surface area contributed by atoms with Crippen LogP contribution in [0.3, 0.4) is 0 Å². The Morgan fingerprint density at radius 1 is 1.21 bits per heavy atom. The minimum absolute atomic E-state index is 0.249. The lowest BCUT2D eigenvalue weighted by atomic mass is 10.2. The van der Waals surface area contributed by atoms with Crippen LogP contribution in [0.25, 0.3) is 10.6 Å². The number of carbonyl (C=O) groups is 1. The van der Waals surface area contributed by atoms with Gasteiger partial charge in [0.15, 0.2) is 0 Å². The Balaban J connectivity index is 1.43. The van der Waals surface area contributed by atoms with Gasteiger partial charge < -0.3 is 15.0 Å². The van der Waals surface area contributed by atoms with E-state index in [2.05, 4.69) is 20.2 Å². The molecule has 0 radical (unpaired) electrons. The Hall–Kier alpha value is -2.84. The van der Waals surface area contributed by atoms with Gasteiger partial charge in [0, 0.05) is 42.3 Å². The number of aromatic nitrogens is 2. The number of thiazole rings is 1. The van der Waals surface area contributed by atoms with Gasteiger partial charge in [0.1, 0.15) is 22.3 Å². The second-order valence-corrected chi connectivity index (χ2v) is 7.17. The van der Waals surface area contributed by atoms with Gasteiger partial charge >= 0.3 is 0 Å². The zero-order valence-electron chi connectivity index (χ0n) is 15.1. The normalized spacial score (nSPS) is 14.1. The SMILES string of the molecule is O=C(NCc1cccnc1N1CCOCC1)c1csc(-c2ccc(F)cc2)n1. The van der Waals surface area contributed by atoms with Crippen molar-refractivity contribution < 1.29 is 13.9 Å². The Bertz CT molecular complexity index is 955. The number of halogens is 1. The molecule has 1 N–H and O–H groups in total. The Morgan fingerprint density at radius 3 is 2.79 bits per heavy atom. The minimum atomic E-state index is -0.300. The van der Waals surface area contributed by atoms with E-state index in [-0.39, 0.29) is 11.7 Å². The molecule has 3 heterocycles. The molecule has 1 aliphatic rings. The zero-order valence-corrected chi connectivity index (χ0v) is 15.9. The summed E-state index contributed by atoms with van der Waals surface area (Å²) in [4.78, 5) is 23.5. The Morgan fingerprint density at radius 2 is 2.00 bits per heavy atom. The summed E-state index contributed by atoms with van der Waals surface area (Å²) in [5.74, 6) is 0.323. The van der Waals surface area contributed by atoms with Gasteiger partial charge in [-0.1, -0.05) is 6.07 Å². The number of ether oxygens (including phenoxy) is 1. The molecule has 1 amide bonds. The standard InChI is InChI=1S/C20H19FN4O2S/c21-16-5-3-14(4-6-16)20-24-17(13-28-20)19(26)23-12-15-2-1-7-22-18(15)25-8-10-27-11-9-25/h1-7,13H,8-12H2,(H,23,26). The number of pyridine rings is 1. The molecule has 8 heteroatoms. The van der Waals surface area contributed by atoms with Crippen LogP contribution in [-0.4, -0.2) is 42.2 Å². The fraction of sp³-hybridized carbons (Fsp3) is 0.250. The van der Waals surface area contributed by atoms with Gasteiger partial charge in [-0.05, 0) is 30.3 Å². The minimum Gasteiger partial charge on any atom is -0.378 e. The van der Waals surface area contributed by atoms with Gasteiger partial charge in [-0.3, -0.25) is 4.79 Å². The first kappa shape index (κ1) is 18.5. The van der Waals surface area contributed by atoms with Crippen molar-refractivity contribution >= 4 is 23.1 Å². The van der Waals surface area contributed by atoms with Crippen LogP contribution in [-0.2, 0) is 11.3 Å². The third-order valence-electron chi connectivity index (χ3n) is 4.45. The van der Waals surface area contributed by atoms with Crippen LogP contribution in [0.4, 0.5) is 10.2 Å². The van der Waals surface area contributed by atoms with Crippen LogP contribution in [0.1, 0.15) is 16.1 Å². The molecule has 0 atom stereocenters. The number of nitrogens with zero attached hydrogens (tertiary/aromatic N) is 3. The highest BCUT2D eigenvalue weighted by atomic mass is 32.1. The second-order valence-electron chi connectivity index (χ2n) is 6.31. The molecule has 0 unspecified atom stereocenters. The van der Waals surface area contributed by atoms with Crippen molar-refractivity contribution in [2.24, 2.45) is 0 Å². The Labute approximate surface area is 166 Å². The van der Waals surface area contributed by atoms with Crippen LogP contribution in [0.15, 0.2) is 48.0 Å². The van der Waals surface area contributed by atoms with Crippen molar-refractivity contribution in [1.29, 1.82) is 0 Å². The summed E-state index contributed by atoms with van der Waals surface area (Å²) in [6.45, 7) is 3.28. The third-order valence-corrected chi connectivity index (χ3v) is 5.34. The molecular formula is C20H19FN4O2S. The predicted octanol–water partition coefficient (Wildman–Crippen LogP) is 3.11. The number of anilines is 1. The molecule has 144 valence electrons. The molecule has 28 heavy (non-hydrogen) atoms. The van der Waals surface area contributed by atoms with Crippen molar-refractivity contribution in [2.45, 2.75) is 6.54 Å². The molecule has 1 fully saturated rings. The van der Waals surface area contributed by atoms with Gasteiger partial charge in [-0.15, -0.1) is 11.3 Å². The third kappa shape index (κ3) is 4.18. The molecule has 4 rings (SSSR count). The average molecular weight is 398 g/mol. The first-order chi connectivity index (χ1) is 13.7. The molecule has 2 aromatic heterocycles. The highest BCUT2D eigenvalue weighted by molar-refractivity contribution is 7.13. The van der Waals surface area contributed by atoms with E-state index in [0.717, 1.165) is 30.0 Å². The van der Waals surface area contributed by atoms with Gasteiger partial charge in [-0.25, -0.2) is 14.4 Å². The summed E-state index contributed by atoms with van der Waals surface area (Å²) in [5.41, 5.74) is 2.08. The van der Waals surface area contributed by atoms with Crippen LogP contribution in [0, 0.1) is 5.82 Å². The van der Waals surface area contributed by atoms with Crippen LogP contribution < -0.4 is 10.2 Å². The molecule has 6 nitrogen and oxygen atoms in total. The van der Waals surface area contributed by atoms with Gasteiger partial charge in [-0.2, -0.15) is 0 Å². The summed E-state index contributed by atoms with van der Waals surface area (Å²) < 4.78 is 18.5. The fourth-order valence-electron chi connectivity index (χ4n) is 3.00. The molecule has 0 bridgehead atoms. The van der Waals surface area contributed by atoms with E-state index in [1.165, 1.54) is 23.5 Å². The molecule has 1 aliphatic heterocycles. The van der Waals surface area contributed by atoms with Crippen molar-refractivity contribution in [2.75, 3.05) is 31.2 Å². The molecule has 1 aromatic carbocycles. The van der Waals surface area contributed by atoms with E-state index < -0.39 is 0 Å². The largest absolute Gasteiger partial charge is 0.378 e. The maximum Gasteiger partial charge on any atom is 0.271 e. The summed E-state index contributed by atoms with van der Waals surface area (Å²) in [6, 6.07) is 9.89. The first-order valence-electron chi connectivity index (χ1n) is 8.97. The van der Waals surface area contributed by atoms with E-state index in [1.54, 1.807) is 23.7 Å². The topological polar surface area (TPSA) is 67.4 Å². The average Bonchev–Trinajstić information content (AvgIpc) is 3.24. The van der Waals surface area contributed by atoms with Crippen molar-refractivity contribution in [1.82, 2.24) is 15.3 Å². The number of morpholine rings is 1. The lowest BCUT2D eigenvalue weighted by molar-refractivity contribution is 0.0946. The van der Waals surface area contributed by atoms with Crippen LogP contribution in [0.2, 0.25) is 0 Å². The second kappa shape index (κ2) is 8.45. The fourth-order valence-corrected chi connectivity index (χ4v) is 3.80.